The molecule has 0 unspecified atom stereocenters. The lowest BCUT2D eigenvalue weighted by atomic mass is 10.2. The fraction of sp³-hybridized carbons (Fsp3) is 0.111. The van der Waals surface area contributed by atoms with E-state index in [0.717, 1.165) is 0 Å². The number of carboxylic acids is 1. The Hall–Kier alpha value is -1.73. The Morgan fingerprint density at radius 2 is 2.35 bits per heavy atom. The fourth-order valence-electron chi connectivity index (χ4n) is 1.13. The Morgan fingerprint density at radius 1 is 1.59 bits per heavy atom. The molecule has 0 aliphatic rings. The number of anilines is 2. The lowest BCUT2D eigenvalue weighted by molar-refractivity contribution is 0.0697. The normalized spacial score (nSPS) is 10.2. The van der Waals surface area contributed by atoms with Crippen molar-refractivity contribution in [3.05, 3.63) is 28.7 Å². The van der Waals surface area contributed by atoms with Gasteiger partial charge in [0.25, 0.3) is 0 Å². The smallest absolute Gasteiger partial charge is 0.337 e. The average Bonchev–Trinajstić information content (AvgIpc) is 2.66. The number of aromatic nitrogens is 3. The molecule has 2 aromatic rings. The van der Waals surface area contributed by atoms with E-state index in [4.69, 9.17) is 16.7 Å². The molecular formula is C9H7ClN4O2S. The van der Waals surface area contributed by atoms with E-state index in [1.807, 2.05) is 0 Å². The molecule has 0 aliphatic heterocycles. The highest BCUT2D eigenvalue weighted by Gasteiger charge is 2.11. The van der Waals surface area contributed by atoms with Crippen LogP contribution in [0.25, 0.3) is 0 Å². The first-order valence-corrected chi connectivity index (χ1v) is 5.67. The van der Waals surface area contributed by atoms with Crippen LogP contribution in [-0.4, -0.2) is 25.4 Å². The third kappa shape index (κ3) is 2.69. The van der Waals surface area contributed by atoms with Gasteiger partial charge in [0.2, 0.25) is 5.13 Å². The van der Waals surface area contributed by atoms with E-state index in [-0.39, 0.29) is 10.6 Å². The van der Waals surface area contributed by atoms with Crippen LogP contribution in [0.5, 0.6) is 0 Å². The monoisotopic (exact) mass is 270 g/mol. The van der Waals surface area contributed by atoms with Crippen LogP contribution in [0.3, 0.4) is 0 Å². The van der Waals surface area contributed by atoms with Crippen molar-refractivity contribution in [1.29, 1.82) is 0 Å². The molecule has 0 fully saturated rings. The standard InChI is InChI=1S/C9H7ClN4O2S/c1-4-12-9(17-14-4)13-7-2-5(8(15)16)6(10)3-11-7/h2-3H,1H3,(H,15,16)(H,11,12,13,14). The summed E-state index contributed by atoms with van der Waals surface area (Å²) in [5.41, 5.74) is -0.00889. The molecule has 0 saturated heterocycles. The Morgan fingerprint density at radius 3 is 2.94 bits per heavy atom. The second-order valence-electron chi connectivity index (χ2n) is 3.13. The molecule has 88 valence electrons. The summed E-state index contributed by atoms with van der Waals surface area (Å²) in [7, 11) is 0. The molecule has 6 nitrogen and oxygen atoms in total. The van der Waals surface area contributed by atoms with Crippen LogP contribution >= 0.6 is 23.1 Å². The maximum Gasteiger partial charge on any atom is 0.337 e. The number of pyridine rings is 1. The minimum Gasteiger partial charge on any atom is -0.478 e. The van der Waals surface area contributed by atoms with E-state index in [0.29, 0.717) is 16.8 Å². The third-order valence-corrected chi connectivity index (χ3v) is 2.87. The SMILES string of the molecule is Cc1nsc(Nc2cc(C(=O)O)c(Cl)cn2)n1. The van der Waals surface area contributed by atoms with Gasteiger partial charge in [-0.05, 0) is 13.0 Å². The van der Waals surface area contributed by atoms with E-state index in [9.17, 15) is 4.79 Å². The molecular weight excluding hydrogens is 264 g/mol. The molecule has 2 rings (SSSR count). The van der Waals surface area contributed by atoms with Gasteiger partial charge in [0.15, 0.2) is 0 Å². The summed E-state index contributed by atoms with van der Waals surface area (Å²) in [5.74, 6) is -0.0956. The molecule has 0 atom stereocenters. The van der Waals surface area contributed by atoms with E-state index < -0.39 is 5.97 Å². The Kier molecular flexibility index (Phi) is 3.21. The second-order valence-corrected chi connectivity index (χ2v) is 4.29. The van der Waals surface area contributed by atoms with Gasteiger partial charge in [-0.15, -0.1) is 0 Å². The molecule has 0 saturated carbocycles. The Labute approximate surface area is 105 Å². The minimum atomic E-state index is -1.10. The zero-order chi connectivity index (χ0) is 12.4. The van der Waals surface area contributed by atoms with Gasteiger partial charge in [-0.2, -0.15) is 4.37 Å². The van der Waals surface area contributed by atoms with Crippen LogP contribution in [0.4, 0.5) is 10.9 Å². The first-order valence-electron chi connectivity index (χ1n) is 4.52. The quantitative estimate of drug-likeness (QED) is 0.890. The number of hydrogen-bond donors (Lipinski definition) is 2. The van der Waals surface area contributed by atoms with E-state index in [1.165, 1.54) is 23.8 Å². The summed E-state index contributed by atoms with van der Waals surface area (Å²) < 4.78 is 3.99. The van der Waals surface area contributed by atoms with Gasteiger partial charge in [0.05, 0.1) is 10.6 Å². The zero-order valence-electron chi connectivity index (χ0n) is 8.64. The molecule has 2 heterocycles. The van der Waals surface area contributed by atoms with Crippen molar-refractivity contribution in [3.8, 4) is 0 Å². The predicted octanol–water partition coefficient (Wildman–Crippen LogP) is 2.34. The van der Waals surface area contributed by atoms with Crippen molar-refractivity contribution in [1.82, 2.24) is 14.3 Å². The molecule has 2 N–H and O–H groups in total. The number of carbonyl (C=O) groups is 1. The zero-order valence-corrected chi connectivity index (χ0v) is 10.2. The van der Waals surface area contributed by atoms with Crippen molar-refractivity contribution < 1.29 is 9.90 Å². The van der Waals surface area contributed by atoms with Crippen molar-refractivity contribution in [2.45, 2.75) is 6.92 Å². The third-order valence-electron chi connectivity index (χ3n) is 1.85. The van der Waals surface area contributed by atoms with Crippen LogP contribution in [0.1, 0.15) is 16.2 Å². The van der Waals surface area contributed by atoms with Gasteiger partial charge < -0.3 is 10.4 Å². The summed E-state index contributed by atoms with van der Waals surface area (Å²) in [4.78, 5) is 18.9. The number of carboxylic acid groups (broad SMARTS) is 1. The predicted molar refractivity (Wildman–Crippen MR) is 64.1 cm³/mol. The number of hydrogen-bond acceptors (Lipinski definition) is 6. The van der Waals surface area contributed by atoms with Crippen LogP contribution in [0.2, 0.25) is 5.02 Å². The topological polar surface area (TPSA) is 88.0 Å². The number of rotatable bonds is 3. The molecule has 8 heteroatoms. The number of halogens is 1. The van der Waals surface area contributed by atoms with Crippen LogP contribution in [-0.2, 0) is 0 Å². The van der Waals surface area contributed by atoms with E-state index >= 15 is 0 Å². The minimum absolute atomic E-state index is 0.00889. The van der Waals surface area contributed by atoms with Crippen LogP contribution < -0.4 is 5.32 Å². The molecule has 17 heavy (non-hydrogen) atoms. The van der Waals surface area contributed by atoms with E-state index in [2.05, 4.69) is 19.7 Å². The summed E-state index contributed by atoms with van der Waals surface area (Å²) >= 11 is 6.87. The molecule has 0 radical (unpaired) electrons. The van der Waals surface area contributed by atoms with Crippen LogP contribution in [0.15, 0.2) is 12.3 Å². The highest BCUT2D eigenvalue weighted by molar-refractivity contribution is 7.09. The largest absolute Gasteiger partial charge is 0.478 e. The van der Waals surface area contributed by atoms with Gasteiger partial charge >= 0.3 is 5.97 Å². The molecule has 0 aliphatic carbocycles. The van der Waals surface area contributed by atoms with Gasteiger partial charge in [-0.3, -0.25) is 0 Å². The van der Waals surface area contributed by atoms with Gasteiger partial charge in [0, 0.05) is 17.7 Å². The molecule has 2 aromatic heterocycles. The molecule has 0 spiro atoms. The summed E-state index contributed by atoms with van der Waals surface area (Å²) in [5, 5.41) is 12.4. The molecule has 0 amide bonds. The first-order chi connectivity index (χ1) is 8.06. The van der Waals surface area contributed by atoms with Gasteiger partial charge in [-0.25, -0.2) is 14.8 Å². The van der Waals surface area contributed by atoms with Gasteiger partial charge in [0.1, 0.15) is 11.6 Å². The second kappa shape index (κ2) is 4.64. The summed E-state index contributed by atoms with van der Waals surface area (Å²) in [6.45, 7) is 1.76. The summed E-state index contributed by atoms with van der Waals surface area (Å²) in [6.07, 6.45) is 1.28. The average molecular weight is 271 g/mol. The Bertz CT molecular complexity index is 572. The maximum absolute atomic E-state index is 10.9. The fourth-order valence-corrected chi connectivity index (χ4v) is 1.90. The number of aromatic carboxylic acids is 1. The maximum atomic E-state index is 10.9. The number of aryl methyl sites for hydroxylation is 1. The molecule has 0 aromatic carbocycles. The van der Waals surface area contributed by atoms with E-state index in [1.54, 1.807) is 6.92 Å². The first kappa shape index (κ1) is 11.7. The lowest BCUT2D eigenvalue weighted by Crippen LogP contribution is -2.01. The number of nitrogens with zero attached hydrogens (tertiary/aromatic N) is 3. The van der Waals surface area contributed by atoms with Crippen molar-refractivity contribution >= 4 is 40.1 Å². The molecule has 0 bridgehead atoms. The Balaban J connectivity index is 2.28. The van der Waals surface area contributed by atoms with Crippen LogP contribution in [0, 0.1) is 6.92 Å². The highest BCUT2D eigenvalue weighted by Crippen LogP contribution is 2.21. The number of nitrogens with one attached hydrogen (secondary N) is 1. The summed E-state index contributed by atoms with van der Waals surface area (Å²) in [6, 6.07) is 1.35. The van der Waals surface area contributed by atoms with Crippen molar-refractivity contribution in [2.75, 3.05) is 5.32 Å². The van der Waals surface area contributed by atoms with Crippen molar-refractivity contribution in [2.24, 2.45) is 0 Å². The highest BCUT2D eigenvalue weighted by atomic mass is 35.5. The lowest BCUT2D eigenvalue weighted by Gasteiger charge is -2.03. The van der Waals surface area contributed by atoms with Crippen molar-refractivity contribution in [3.63, 3.8) is 0 Å². The van der Waals surface area contributed by atoms with Gasteiger partial charge in [-0.1, -0.05) is 11.6 Å².